The predicted octanol–water partition coefficient (Wildman–Crippen LogP) is 0.638. The highest BCUT2D eigenvalue weighted by atomic mass is 16.5. The highest BCUT2D eigenvalue weighted by molar-refractivity contribution is 5.82. The fourth-order valence-corrected chi connectivity index (χ4v) is 2.90. The van der Waals surface area contributed by atoms with Gasteiger partial charge in [-0.2, -0.15) is 0 Å². The Labute approximate surface area is 115 Å². The van der Waals surface area contributed by atoms with Crippen molar-refractivity contribution in [3.63, 3.8) is 0 Å². The van der Waals surface area contributed by atoms with Crippen LogP contribution in [0.3, 0.4) is 0 Å². The van der Waals surface area contributed by atoms with Crippen LogP contribution in [0, 0.1) is 5.92 Å². The number of nitrogens with one attached hydrogen (secondary N) is 1. The van der Waals surface area contributed by atoms with Crippen molar-refractivity contribution in [2.45, 2.75) is 38.3 Å². The predicted molar refractivity (Wildman–Crippen MR) is 73.0 cm³/mol. The Bertz CT molecular complexity index is 320. The van der Waals surface area contributed by atoms with Crippen molar-refractivity contribution >= 4 is 5.97 Å². The lowest BCUT2D eigenvalue weighted by molar-refractivity contribution is -0.154. The van der Waals surface area contributed by atoms with Gasteiger partial charge < -0.3 is 14.8 Å². The van der Waals surface area contributed by atoms with Gasteiger partial charge in [-0.25, -0.2) is 4.79 Å². The molecule has 1 heterocycles. The van der Waals surface area contributed by atoms with E-state index in [2.05, 4.69) is 17.1 Å². The molecule has 2 rings (SSSR count). The van der Waals surface area contributed by atoms with E-state index in [1.165, 1.54) is 0 Å². The maximum atomic E-state index is 12.4. The second-order valence-corrected chi connectivity index (χ2v) is 5.61. The van der Waals surface area contributed by atoms with Crippen LogP contribution in [0.25, 0.3) is 0 Å². The van der Waals surface area contributed by atoms with Gasteiger partial charge in [-0.1, -0.05) is 0 Å². The lowest BCUT2D eigenvalue weighted by Gasteiger charge is -2.41. The molecule has 2 unspecified atom stereocenters. The van der Waals surface area contributed by atoms with Crippen molar-refractivity contribution in [3.8, 4) is 0 Å². The number of esters is 1. The molecule has 2 atom stereocenters. The summed E-state index contributed by atoms with van der Waals surface area (Å²) in [7, 11) is 1.88. The van der Waals surface area contributed by atoms with E-state index in [9.17, 15) is 4.79 Å². The van der Waals surface area contributed by atoms with Crippen molar-refractivity contribution in [1.29, 1.82) is 0 Å². The van der Waals surface area contributed by atoms with Crippen LogP contribution in [0.1, 0.15) is 26.7 Å². The monoisotopic (exact) mass is 270 g/mol. The van der Waals surface area contributed by atoms with E-state index in [0.29, 0.717) is 18.6 Å². The molecular formula is C14H26N2O3. The Kier molecular flexibility index (Phi) is 4.81. The Morgan fingerprint density at radius 2 is 2.26 bits per heavy atom. The van der Waals surface area contributed by atoms with Crippen molar-refractivity contribution in [1.82, 2.24) is 10.2 Å². The number of morpholine rings is 1. The molecule has 2 fully saturated rings. The van der Waals surface area contributed by atoms with Crippen molar-refractivity contribution < 1.29 is 14.3 Å². The topological polar surface area (TPSA) is 50.8 Å². The maximum Gasteiger partial charge on any atom is 0.327 e. The Morgan fingerprint density at radius 1 is 1.53 bits per heavy atom. The fourth-order valence-electron chi connectivity index (χ4n) is 2.90. The van der Waals surface area contributed by atoms with E-state index in [1.54, 1.807) is 0 Å². The first-order chi connectivity index (χ1) is 9.14. The van der Waals surface area contributed by atoms with Crippen LogP contribution in [0.5, 0.6) is 0 Å². The molecule has 0 bridgehead atoms. The molecule has 5 nitrogen and oxygen atoms in total. The largest absolute Gasteiger partial charge is 0.465 e. The lowest BCUT2D eigenvalue weighted by Crippen LogP contribution is -2.62. The highest BCUT2D eigenvalue weighted by Gasteiger charge is 2.52. The molecule has 2 aliphatic rings. The number of likely N-dealkylation sites (N-methyl/N-ethyl adjacent to an activating group) is 1. The van der Waals surface area contributed by atoms with Gasteiger partial charge in [0.15, 0.2) is 0 Å². The first kappa shape index (κ1) is 14.8. The molecule has 0 amide bonds. The molecule has 1 saturated carbocycles. The zero-order chi connectivity index (χ0) is 13.9. The third-order valence-corrected chi connectivity index (χ3v) is 4.32. The summed E-state index contributed by atoms with van der Waals surface area (Å²) in [4.78, 5) is 14.8. The molecule has 1 aliphatic heterocycles. The molecule has 110 valence electrons. The van der Waals surface area contributed by atoms with Gasteiger partial charge in [-0.05, 0) is 39.7 Å². The van der Waals surface area contributed by atoms with Crippen molar-refractivity contribution in [2.75, 3.05) is 40.0 Å². The molecule has 0 radical (unpaired) electrons. The lowest BCUT2D eigenvalue weighted by atomic mass is 9.91. The highest BCUT2D eigenvalue weighted by Crippen LogP contribution is 2.41. The zero-order valence-corrected chi connectivity index (χ0v) is 12.3. The van der Waals surface area contributed by atoms with Gasteiger partial charge in [0.25, 0.3) is 0 Å². The van der Waals surface area contributed by atoms with E-state index in [-0.39, 0.29) is 5.97 Å². The number of rotatable bonds is 6. The molecule has 1 N–H and O–H groups in total. The van der Waals surface area contributed by atoms with Crippen molar-refractivity contribution in [3.05, 3.63) is 0 Å². The standard InChI is InChI=1S/C14H26N2O3/c1-4-19-13(17)14(15-3,12-5-6-12)10-16-7-8-18-9-11(16)2/h11-12,15H,4-10H2,1-3H3. The molecule has 19 heavy (non-hydrogen) atoms. The normalized spacial score (nSPS) is 27.8. The zero-order valence-electron chi connectivity index (χ0n) is 12.3. The summed E-state index contributed by atoms with van der Waals surface area (Å²) in [6.07, 6.45) is 2.22. The van der Waals surface area contributed by atoms with E-state index >= 15 is 0 Å². The molecule has 1 aliphatic carbocycles. The van der Waals surface area contributed by atoms with Crippen LogP contribution >= 0.6 is 0 Å². The molecule has 0 aromatic rings. The Hall–Kier alpha value is -0.650. The number of carbonyl (C=O) groups is 1. The van der Waals surface area contributed by atoms with Crippen LogP contribution in [-0.2, 0) is 14.3 Å². The SMILES string of the molecule is CCOC(=O)C(CN1CCOCC1C)(NC)C1CC1. The van der Waals surface area contributed by atoms with Gasteiger partial charge in [0.1, 0.15) is 5.54 Å². The summed E-state index contributed by atoms with van der Waals surface area (Å²) in [6, 6.07) is 0.356. The number of nitrogens with zero attached hydrogens (tertiary/aromatic N) is 1. The van der Waals surface area contributed by atoms with Gasteiger partial charge in [-0.15, -0.1) is 0 Å². The smallest absolute Gasteiger partial charge is 0.327 e. The average molecular weight is 270 g/mol. The summed E-state index contributed by atoms with van der Waals surface area (Å²) in [6.45, 7) is 7.55. The van der Waals surface area contributed by atoms with E-state index in [4.69, 9.17) is 9.47 Å². The summed E-state index contributed by atoms with van der Waals surface area (Å²) >= 11 is 0. The molecule has 1 saturated heterocycles. The van der Waals surface area contributed by atoms with E-state index in [0.717, 1.165) is 39.1 Å². The van der Waals surface area contributed by atoms with Crippen LogP contribution in [-0.4, -0.2) is 62.4 Å². The first-order valence-electron chi connectivity index (χ1n) is 7.32. The average Bonchev–Trinajstić information content (AvgIpc) is 3.23. The third-order valence-electron chi connectivity index (χ3n) is 4.32. The molecule has 0 spiro atoms. The van der Waals surface area contributed by atoms with Crippen molar-refractivity contribution in [2.24, 2.45) is 5.92 Å². The van der Waals surface area contributed by atoms with Crippen LogP contribution < -0.4 is 5.32 Å². The van der Waals surface area contributed by atoms with Crippen LogP contribution in [0.15, 0.2) is 0 Å². The van der Waals surface area contributed by atoms with E-state index in [1.807, 2.05) is 14.0 Å². The fraction of sp³-hybridized carbons (Fsp3) is 0.929. The molecule has 0 aromatic carbocycles. The minimum atomic E-state index is -0.540. The number of carbonyl (C=O) groups excluding carboxylic acids is 1. The van der Waals surface area contributed by atoms with Gasteiger partial charge in [-0.3, -0.25) is 4.90 Å². The quantitative estimate of drug-likeness (QED) is 0.718. The number of hydrogen-bond acceptors (Lipinski definition) is 5. The Balaban J connectivity index is 2.10. The van der Waals surface area contributed by atoms with Gasteiger partial charge in [0, 0.05) is 19.1 Å². The van der Waals surface area contributed by atoms with Crippen LogP contribution in [0.4, 0.5) is 0 Å². The summed E-state index contributed by atoms with van der Waals surface area (Å²) < 4.78 is 10.8. The minimum Gasteiger partial charge on any atom is -0.465 e. The summed E-state index contributed by atoms with van der Waals surface area (Å²) in [5.74, 6) is 0.310. The third kappa shape index (κ3) is 3.09. The van der Waals surface area contributed by atoms with Gasteiger partial charge in [0.05, 0.1) is 19.8 Å². The Morgan fingerprint density at radius 3 is 2.79 bits per heavy atom. The molecule has 5 heteroatoms. The van der Waals surface area contributed by atoms with Crippen LogP contribution in [0.2, 0.25) is 0 Å². The first-order valence-corrected chi connectivity index (χ1v) is 7.32. The minimum absolute atomic E-state index is 0.0984. The molecular weight excluding hydrogens is 244 g/mol. The maximum absolute atomic E-state index is 12.4. The van der Waals surface area contributed by atoms with Gasteiger partial charge in [0.2, 0.25) is 0 Å². The number of hydrogen-bond donors (Lipinski definition) is 1. The van der Waals surface area contributed by atoms with Gasteiger partial charge >= 0.3 is 5.97 Å². The molecule has 0 aromatic heterocycles. The number of ether oxygens (including phenoxy) is 2. The van der Waals surface area contributed by atoms with E-state index < -0.39 is 5.54 Å². The summed E-state index contributed by atoms with van der Waals surface area (Å²) in [5, 5.41) is 3.27. The second-order valence-electron chi connectivity index (χ2n) is 5.61. The summed E-state index contributed by atoms with van der Waals surface area (Å²) in [5.41, 5.74) is -0.540. The second kappa shape index (κ2) is 6.20.